The van der Waals surface area contributed by atoms with Crippen molar-refractivity contribution in [1.29, 1.82) is 0 Å². The molecule has 1 N–H and O–H groups in total. The van der Waals surface area contributed by atoms with Crippen LogP contribution in [0.5, 0.6) is 0 Å². The van der Waals surface area contributed by atoms with Gasteiger partial charge in [-0.15, -0.1) is 0 Å². The largest absolute Gasteiger partial charge is 0.421 e. The lowest BCUT2D eigenvalue weighted by Gasteiger charge is -2.31. The van der Waals surface area contributed by atoms with E-state index < -0.39 is 17.3 Å². The van der Waals surface area contributed by atoms with Crippen LogP contribution < -0.4 is 10.9 Å². The molecule has 178 valence electrons. The Balaban J connectivity index is 1.34. The fraction of sp³-hybridized carbons (Fsp3) is 0.522. The Bertz CT molecular complexity index is 1090. The summed E-state index contributed by atoms with van der Waals surface area (Å²) < 4.78 is 54.6. The van der Waals surface area contributed by atoms with Crippen molar-refractivity contribution in [2.75, 3.05) is 13.1 Å². The summed E-state index contributed by atoms with van der Waals surface area (Å²) in [5, 5.41) is 7.01. The number of hydrogen-bond donors (Lipinski definition) is 1. The van der Waals surface area contributed by atoms with Crippen molar-refractivity contribution in [3.05, 3.63) is 62.8 Å². The molecule has 2 aromatic rings. The number of halogens is 4. The molecule has 33 heavy (non-hydrogen) atoms. The van der Waals surface area contributed by atoms with Gasteiger partial charge in [-0.05, 0) is 55.9 Å². The van der Waals surface area contributed by atoms with Gasteiger partial charge in [-0.3, -0.25) is 14.5 Å². The fourth-order valence-electron chi connectivity index (χ4n) is 4.05. The predicted octanol–water partition coefficient (Wildman–Crippen LogP) is 3.57. The second-order valence-electron chi connectivity index (χ2n) is 8.89. The Kier molecular flexibility index (Phi) is 6.56. The summed E-state index contributed by atoms with van der Waals surface area (Å²) in [7, 11) is 0. The van der Waals surface area contributed by atoms with E-state index in [0.717, 1.165) is 23.6 Å². The molecule has 0 bridgehead atoms. The molecule has 1 saturated carbocycles. The standard InChI is InChI=1S/C23H26F4N4O2/c1-14-2-3-15(10-19(14)24)12-28-21(32)17-6-8-30(9-7-17)13-31-22(33)18(23(25,26)27)11-20(29-31)16-4-5-16/h2-3,10-11,16-17H,4-9,12-13H2,1H3,(H,28,32). The highest BCUT2D eigenvalue weighted by Gasteiger charge is 2.38. The first kappa shape index (κ1) is 23.4. The van der Waals surface area contributed by atoms with Crippen LogP contribution in [0.2, 0.25) is 0 Å². The van der Waals surface area contributed by atoms with Crippen molar-refractivity contribution in [1.82, 2.24) is 20.0 Å². The number of rotatable bonds is 6. The zero-order chi connectivity index (χ0) is 23.8. The van der Waals surface area contributed by atoms with Crippen LogP contribution in [0.3, 0.4) is 0 Å². The number of aromatic nitrogens is 2. The maximum atomic E-state index is 13.7. The van der Waals surface area contributed by atoms with Gasteiger partial charge in [-0.2, -0.15) is 18.3 Å². The topological polar surface area (TPSA) is 67.2 Å². The maximum Gasteiger partial charge on any atom is 0.421 e. The number of nitrogens with one attached hydrogen (secondary N) is 1. The molecule has 2 heterocycles. The van der Waals surface area contributed by atoms with Gasteiger partial charge in [-0.1, -0.05) is 12.1 Å². The van der Waals surface area contributed by atoms with Crippen molar-refractivity contribution >= 4 is 5.91 Å². The molecular formula is C23H26F4N4O2. The third-order valence-electron chi connectivity index (χ3n) is 6.29. The summed E-state index contributed by atoms with van der Waals surface area (Å²) in [5.41, 5.74) is -0.802. The quantitative estimate of drug-likeness (QED) is 0.661. The number of alkyl halides is 3. The lowest BCUT2D eigenvalue weighted by molar-refractivity contribution is -0.139. The van der Waals surface area contributed by atoms with Gasteiger partial charge < -0.3 is 5.32 Å². The van der Waals surface area contributed by atoms with Crippen molar-refractivity contribution < 1.29 is 22.4 Å². The number of hydrogen-bond acceptors (Lipinski definition) is 4. The molecule has 1 amide bonds. The van der Waals surface area contributed by atoms with E-state index in [2.05, 4.69) is 10.4 Å². The molecule has 0 spiro atoms. The predicted molar refractivity (Wildman–Crippen MR) is 113 cm³/mol. The molecule has 1 aromatic carbocycles. The minimum atomic E-state index is -4.73. The van der Waals surface area contributed by atoms with E-state index in [1.807, 2.05) is 4.90 Å². The van der Waals surface area contributed by atoms with E-state index in [1.165, 1.54) is 6.07 Å². The maximum absolute atomic E-state index is 13.7. The summed E-state index contributed by atoms with van der Waals surface area (Å²) in [5.74, 6) is -0.724. The molecule has 10 heteroatoms. The second kappa shape index (κ2) is 9.24. The van der Waals surface area contributed by atoms with Crippen LogP contribution in [0.4, 0.5) is 17.6 Å². The third-order valence-corrected chi connectivity index (χ3v) is 6.29. The van der Waals surface area contributed by atoms with E-state index >= 15 is 0 Å². The van der Waals surface area contributed by atoms with E-state index in [1.54, 1.807) is 19.1 Å². The number of benzene rings is 1. The molecule has 2 aliphatic rings. The van der Waals surface area contributed by atoms with E-state index in [4.69, 9.17) is 0 Å². The van der Waals surface area contributed by atoms with Crippen LogP contribution in [0.25, 0.3) is 0 Å². The Morgan fingerprint density at radius 3 is 2.45 bits per heavy atom. The smallest absolute Gasteiger partial charge is 0.352 e. The third kappa shape index (κ3) is 5.61. The molecule has 1 aliphatic carbocycles. The second-order valence-corrected chi connectivity index (χ2v) is 8.89. The summed E-state index contributed by atoms with van der Waals surface area (Å²) in [6, 6.07) is 5.70. The van der Waals surface area contributed by atoms with Gasteiger partial charge in [0.2, 0.25) is 5.91 Å². The summed E-state index contributed by atoms with van der Waals surface area (Å²) in [6.07, 6.45) is -2.15. The van der Waals surface area contributed by atoms with Gasteiger partial charge in [0, 0.05) is 31.5 Å². The highest BCUT2D eigenvalue weighted by atomic mass is 19.4. The van der Waals surface area contributed by atoms with E-state index in [9.17, 15) is 27.2 Å². The highest BCUT2D eigenvalue weighted by Crippen LogP contribution is 2.40. The summed E-state index contributed by atoms with van der Waals surface area (Å²) in [6.45, 7) is 2.77. The fourth-order valence-corrected chi connectivity index (χ4v) is 4.05. The number of aryl methyl sites for hydroxylation is 1. The van der Waals surface area contributed by atoms with Gasteiger partial charge in [-0.25, -0.2) is 9.07 Å². The molecule has 0 radical (unpaired) electrons. The molecule has 6 nitrogen and oxygen atoms in total. The van der Waals surface area contributed by atoms with Gasteiger partial charge in [0.25, 0.3) is 5.56 Å². The number of piperidine rings is 1. The van der Waals surface area contributed by atoms with Gasteiger partial charge in [0.1, 0.15) is 11.4 Å². The van der Waals surface area contributed by atoms with Crippen molar-refractivity contribution in [2.45, 2.75) is 57.9 Å². The van der Waals surface area contributed by atoms with Crippen LogP contribution in [0.15, 0.2) is 29.1 Å². The van der Waals surface area contributed by atoms with Crippen LogP contribution in [-0.4, -0.2) is 33.7 Å². The number of carbonyl (C=O) groups excluding carboxylic acids is 1. The number of likely N-dealkylation sites (tertiary alicyclic amines) is 1. The van der Waals surface area contributed by atoms with Gasteiger partial charge in [0.05, 0.1) is 12.4 Å². The van der Waals surface area contributed by atoms with Crippen LogP contribution in [-0.2, 0) is 24.2 Å². The Morgan fingerprint density at radius 2 is 1.85 bits per heavy atom. The molecule has 1 aromatic heterocycles. The first-order chi connectivity index (χ1) is 15.6. The van der Waals surface area contributed by atoms with Crippen molar-refractivity contribution in [3.8, 4) is 0 Å². The van der Waals surface area contributed by atoms with Crippen molar-refractivity contribution in [2.24, 2.45) is 5.92 Å². The first-order valence-corrected chi connectivity index (χ1v) is 11.1. The average molecular weight is 466 g/mol. The average Bonchev–Trinajstić information content (AvgIpc) is 3.61. The summed E-state index contributed by atoms with van der Waals surface area (Å²) in [4.78, 5) is 26.7. The van der Waals surface area contributed by atoms with Crippen LogP contribution in [0.1, 0.15) is 54.0 Å². The van der Waals surface area contributed by atoms with Crippen LogP contribution in [0, 0.1) is 18.7 Å². The SMILES string of the molecule is Cc1ccc(CNC(=O)C2CCN(Cn3nc(C4CC4)cc(C(F)(F)F)c3=O)CC2)cc1F. The minimum absolute atomic E-state index is 0.0191. The lowest BCUT2D eigenvalue weighted by atomic mass is 9.96. The van der Waals surface area contributed by atoms with E-state index in [-0.39, 0.29) is 36.8 Å². The van der Waals surface area contributed by atoms with Crippen molar-refractivity contribution in [3.63, 3.8) is 0 Å². The van der Waals surface area contributed by atoms with Crippen LogP contribution >= 0.6 is 0 Å². The molecule has 0 unspecified atom stereocenters. The highest BCUT2D eigenvalue weighted by molar-refractivity contribution is 5.78. The molecule has 1 aliphatic heterocycles. The molecule has 0 atom stereocenters. The monoisotopic (exact) mass is 466 g/mol. The normalized spacial score (nSPS) is 17.8. The molecule has 1 saturated heterocycles. The van der Waals surface area contributed by atoms with Gasteiger partial charge in [0.15, 0.2) is 0 Å². The first-order valence-electron chi connectivity index (χ1n) is 11.1. The van der Waals surface area contributed by atoms with E-state index in [0.29, 0.717) is 42.8 Å². The van der Waals surface area contributed by atoms with Gasteiger partial charge >= 0.3 is 6.18 Å². The zero-order valence-corrected chi connectivity index (χ0v) is 18.3. The lowest BCUT2D eigenvalue weighted by Crippen LogP contribution is -2.43. The number of carbonyl (C=O) groups is 1. The molecule has 4 rings (SSSR count). The Labute approximate surface area is 188 Å². The Hall–Kier alpha value is -2.75. The number of amides is 1. The summed E-state index contributed by atoms with van der Waals surface area (Å²) >= 11 is 0. The zero-order valence-electron chi connectivity index (χ0n) is 18.3. The molecule has 2 fully saturated rings. The molecular weight excluding hydrogens is 440 g/mol. The Morgan fingerprint density at radius 1 is 1.15 bits per heavy atom. The minimum Gasteiger partial charge on any atom is -0.352 e. The number of nitrogens with zero attached hydrogens (tertiary/aromatic N) is 3.